The first kappa shape index (κ1) is 23.3. The Hall–Kier alpha value is -1.87. The molecule has 0 bridgehead atoms. The Bertz CT molecular complexity index is 959. The molecule has 3 N–H and O–H groups in total. The number of ether oxygens (including phenoxy) is 1. The van der Waals surface area contributed by atoms with Crippen molar-refractivity contribution < 1.29 is 14.6 Å². The summed E-state index contributed by atoms with van der Waals surface area (Å²) in [6.07, 6.45) is 5.06. The molecule has 8 nitrogen and oxygen atoms in total. The lowest BCUT2D eigenvalue weighted by molar-refractivity contribution is -0.00541. The Morgan fingerprint density at radius 1 is 1.25 bits per heavy atom. The highest BCUT2D eigenvalue weighted by molar-refractivity contribution is 6.44. The van der Waals surface area contributed by atoms with Gasteiger partial charge in [0.05, 0.1) is 27.9 Å². The van der Waals surface area contributed by atoms with Gasteiger partial charge in [0, 0.05) is 25.9 Å². The zero-order valence-electron chi connectivity index (χ0n) is 18.3. The topological polar surface area (TPSA) is 103 Å². The summed E-state index contributed by atoms with van der Waals surface area (Å²) in [6, 6.07) is 3.60. The molecular formula is C22H29Cl2N5O3. The number of aromatic nitrogens is 3. The van der Waals surface area contributed by atoms with Crippen LogP contribution in [0, 0.1) is 6.92 Å². The number of hydrogen-bond donors (Lipinski definition) is 3. The summed E-state index contributed by atoms with van der Waals surface area (Å²) in [5.74, 6) is 0.421. The highest BCUT2D eigenvalue weighted by atomic mass is 35.5. The van der Waals surface area contributed by atoms with Crippen molar-refractivity contribution in [2.45, 2.75) is 63.2 Å². The number of amides is 1. The molecule has 2 aromatic rings. The molecule has 2 aliphatic rings. The Morgan fingerprint density at radius 2 is 2.00 bits per heavy atom. The van der Waals surface area contributed by atoms with E-state index in [1.54, 1.807) is 14.0 Å². The molecule has 1 amide bonds. The third-order valence-electron chi connectivity index (χ3n) is 6.59. The number of anilines is 1. The third-order valence-corrected chi connectivity index (χ3v) is 7.54. The number of piperidine rings is 1. The smallest absolute Gasteiger partial charge is 0.269 e. The average molecular weight is 482 g/mol. The molecule has 0 unspecified atom stereocenters. The minimum atomic E-state index is -0.865. The van der Waals surface area contributed by atoms with Crippen molar-refractivity contribution in [3.63, 3.8) is 0 Å². The predicted octanol–water partition coefficient (Wildman–Crippen LogP) is 3.60. The number of aliphatic hydroxyl groups is 1. The van der Waals surface area contributed by atoms with Gasteiger partial charge in [0.15, 0.2) is 5.82 Å². The summed E-state index contributed by atoms with van der Waals surface area (Å²) >= 11 is 12.3. The molecule has 32 heavy (non-hydrogen) atoms. The number of carbonyl (C=O) groups excluding carboxylic acids is 1. The summed E-state index contributed by atoms with van der Waals surface area (Å²) in [5, 5.41) is 23.2. The highest BCUT2D eigenvalue weighted by Crippen LogP contribution is 2.36. The van der Waals surface area contributed by atoms with E-state index in [9.17, 15) is 9.90 Å². The van der Waals surface area contributed by atoms with E-state index in [0.29, 0.717) is 35.9 Å². The second-order valence-corrected chi connectivity index (χ2v) is 9.47. The Morgan fingerprint density at radius 3 is 2.59 bits per heavy atom. The summed E-state index contributed by atoms with van der Waals surface area (Å²) in [6.45, 7) is 3.00. The number of nitrogens with one attached hydrogen (secondary N) is 2. The van der Waals surface area contributed by atoms with Crippen molar-refractivity contribution in [3.05, 3.63) is 39.3 Å². The molecule has 2 aromatic heterocycles. The molecular weight excluding hydrogens is 453 g/mol. The second kappa shape index (κ2) is 9.55. The predicted molar refractivity (Wildman–Crippen MR) is 123 cm³/mol. The first-order chi connectivity index (χ1) is 15.3. The monoisotopic (exact) mass is 481 g/mol. The van der Waals surface area contributed by atoms with Gasteiger partial charge in [-0.3, -0.25) is 4.79 Å². The van der Waals surface area contributed by atoms with E-state index >= 15 is 0 Å². The molecule has 2 fully saturated rings. The van der Waals surface area contributed by atoms with Gasteiger partial charge in [-0.2, -0.15) is 5.10 Å². The number of aryl methyl sites for hydroxylation is 1. The largest absolute Gasteiger partial charge is 0.383 e. The zero-order valence-corrected chi connectivity index (χ0v) is 19.8. The van der Waals surface area contributed by atoms with Gasteiger partial charge in [0.25, 0.3) is 5.91 Å². The van der Waals surface area contributed by atoms with Crippen LogP contribution in [0.25, 0.3) is 0 Å². The molecule has 1 saturated carbocycles. The van der Waals surface area contributed by atoms with Gasteiger partial charge in [-0.05, 0) is 38.3 Å². The van der Waals surface area contributed by atoms with Crippen LogP contribution >= 0.6 is 23.2 Å². The molecule has 1 saturated heterocycles. The zero-order chi connectivity index (χ0) is 22.9. The lowest BCUT2D eigenvalue weighted by atomic mass is 9.82. The van der Waals surface area contributed by atoms with Crippen molar-refractivity contribution in [2.75, 3.05) is 25.1 Å². The fourth-order valence-electron chi connectivity index (χ4n) is 4.63. The second-order valence-electron chi connectivity index (χ2n) is 8.71. The van der Waals surface area contributed by atoms with Gasteiger partial charge in [0.1, 0.15) is 11.3 Å². The van der Waals surface area contributed by atoms with Gasteiger partial charge in [-0.15, -0.1) is 5.10 Å². The average Bonchev–Trinajstić information content (AvgIpc) is 3.07. The van der Waals surface area contributed by atoms with Crippen molar-refractivity contribution in [3.8, 4) is 0 Å². The van der Waals surface area contributed by atoms with Crippen LogP contribution in [-0.2, 0) is 10.3 Å². The maximum Gasteiger partial charge on any atom is 0.269 e. The Labute approximate surface area is 197 Å². The van der Waals surface area contributed by atoms with Crippen molar-refractivity contribution in [2.24, 2.45) is 0 Å². The maximum absolute atomic E-state index is 12.7. The molecule has 10 heteroatoms. The van der Waals surface area contributed by atoms with Crippen LogP contribution in [-0.4, -0.2) is 58.5 Å². The quantitative estimate of drug-likeness (QED) is 0.602. The molecule has 1 aliphatic heterocycles. The molecule has 0 aromatic carbocycles. The molecule has 0 radical (unpaired) electrons. The number of carbonyl (C=O) groups is 1. The molecule has 2 atom stereocenters. The minimum Gasteiger partial charge on any atom is -0.383 e. The van der Waals surface area contributed by atoms with Crippen LogP contribution in [0.3, 0.4) is 0 Å². The summed E-state index contributed by atoms with van der Waals surface area (Å²) in [5.41, 5.74) is 0.688. The van der Waals surface area contributed by atoms with E-state index in [2.05, 4.69) is 25.4 Å². The van der Waals surface area contributed by atoms with Crippen LogP contribution < -0.4 is 10.2 Å². The van der Waals surface area contributed by atoms with Crippen molar-refractivity contribution >= 4 is 34.9 Å². The number of aromatic amines is 1. The fraction of sp³-hybridized carbons (Fsp3) is 0.591. The number of hydrogen-bond acceptors (Lipinski definition) is 6. The van der Waals surface area contributed by atoms with Gasteiger partial charge < -0.3 is 25.0 Å². The van der Waals surface area contributed by atoms with Crippen LogP contribution in [0.15, 0.2) is 12.1 Å². The lowest BCUT2D eigenvalue weighted by Crippen LogP contribution is -2.55. The summed E-state index contributed by atoms with van der Waals surface area (Å²) in [4.78, 5) is 17.8. The van der Waals surface area contributed by atoms with Gasteiger partial charge in [-0.25, -0.2) is 0 Å². The fourth-order valence-corrected chi connectivity index (χ4v) is 5.05. The van der Waals surface area contributed by atoms with E-state index in [-0.39, 0.29) is 28.8 Å². The molecule has 4 rings (SSSR count). The first-order valence-electron chi connectivity index (χ1n) is 11.0. The van der Waals surface area contributed by atoms with Gasteiger partial charge in [-0.1, -0.05) is 42.5 Å². The highest BCUT2D eigenvalue weighted by Gasteiger charge is 2.35. The third kappa shape index (κ3) is 4.59. The SMILES string of the molecule is CO[C@H]1CN(c2ccc(C3(O)CCCCC3)nn2)CC[C@H]1NC(=O)c1[nH]c(C)c(Cl)c1Cl. The van der Waals surface area contributed by atoms with Crippen LogP contribution in [0.4, 0.5) is 5.82 Å². The van der Waals surface area contributed by atoms with Crippen molar-refractivity contribution in [1.82, 2.24) is 20.5 Å². The number of H-pyrrole nitrogens is 1. The number of nitrogens with zero attached hydrogens (tertiary/aromatic N) is 3. The van der Waals surface area contributed by atoms with Crippen LogP contribution in [0.1, 0.15) is 60.4 Å². The maximum atomic E-state index is 12.7. The Balaban J connectivity index is 1.41. The number of rotatable bonds is 5. The van der Waals surface area contributed by atoms with E-state index in [4.69, 9.17) is 27.9 Å². The normalized spacial score (nSPS) is 23.2. The summed E-state index contributed by atoms with van der Waals surface area (Å²) < 4.78 is 5.67. The standard InChI is InChI=1S/C22H29Cl2N5O3/c1-13-18(23)19(24)20(25-13)21(30)26-14-8-11-29(12-15(14)32-2)17-7-6-16(27-28-17)22(31)9-4-3-5-10-22/h6-7,14-15,25,31H,3-5,8-12H2,1-2H3,(H,26,30)/t14-,15+/m1/s1. The van der Waals surface area contributed by atoms with E-state index < -0.39 is 5.60 Å². The summed E-state index contributed by atoms with van der Waals surface area (Å²) in [7, 11) is 1.63. The Kier molecular flexibility index (Phi) is 6.95. The lowest BCUT2D eigenvalue weighted by Gasteiger charge is -2.38. The van der Waals surface area contributed by atoms with E-state index in [1.807, 2.05) is 12.1 Å². The minimum absolute atomic E-state index is 0.183. The van der Waals surface area contributed by atoms with Gasteiger partial charge in [0.2, 0.25) is 0 Å². The number of halogens is 2. The molecule has 174 valence electrons. The number of methoxy groups -OCH3 is 1. The van der Waals surface area contributed by atoms with E-state index in [0.717, 1.165) is 37.9 Å². The van der Waals surface area contributed by atoms with Gasteiger partial charge >= 0.3 is 0 Å². The van der Waals surface area contributed by atoms with Crippen LogP contribution in [0.5, 0.6) is 0 Å². The molecule has 0 spiro atoms. The van der Waals surface area contributed by atoms with Crippen LogP contribution in [0.2, 0.25) is 10.0 Å². The molecule has 3 heterocycles. The first-order valence-corrected chi connectivity index (χ1v) is 11.8. The van der Waals surface area contributed by atoms with E-state index in [1.165, 1.54) is 0 Å². The molecule has 1 aliphatic carbocycles. The van der Waals surface area contributed by atoms with Crippen molar-refractivity contribution in [1.29, 1.82) is 0 Å².